The molecule has 0 aromatic carbocycles. The van der Waals surface area contributed by atoms with Gasteiger partial charge in [-0.3, -0.25) is 0 Å². The first-order valence-corrected chi connectivity index (χ1v) is 6.23. The van der Waals surface area contributed by atoms with Crippen LogP contribution >= 0.6 is 0 Å². The van der Waals surface area contributed by atoms with Crippen LogP contribution in [-0.2, 0) is 4.74 Å². The molecule has 0 radical (unpaired) electrons. The van der Waals surface area contributed by atoms with E-state index in [0.29, 0.717) is 12.5 Å². The molecule has 1 aliphatic heterocycles. The number of hydrogen-bond donors (Lipinski definition) is 2. The number of fused-ring (bicyclic) bond motifs is 1. The van der Waals surface area contributed by atoms with Crippen molar-refractivity contribution in [2.24, 2.45) is 11.7 Å². The molecule has 2 aliphatic rings. The number of carbonyl (C=O) groups excluding carboxylic acids is 1. The Hall–Kier alpha value is -0.810. The van der Waals surface area contributed by atoms with Crippen LogP contribution in [0.1, 0.15) is 33.6 Å². The maximum absolute atomic E-state index is 11.9. The van der Waals surface area contributed by atoms with Crippen LogP contribution in [0.4, 0.5) is 4.79 Å². The third kappa shape index (κ3) is 2.40. The molecular weight excluding hydrogens is 220 g/mol. The summed E-state index contributed by atoms with van der Waals surface area (Å²) in [4.78, 5) is 13.5. The molecule has 0 bridgehead atoms. The van der Waals surface area contributed by atoms with Crippen molar-refractivity contribution in [2.45, 2.75) is 57.4 Å². The Morgan fingerprint density at radius 3 is 2.65 bits per heavy atom. The molecule has 3 N–H and O–H groups in total. The topological polar surface area (TPSA) is 75.8 Å². The highest BCUT2D eigenvalue weighted by molar-refractivity contribution is 5.70. The van der Waals surface area contributed by atoms with Gasteiger partial charge in [-0.25, -0.2) is 4.79 Å². The van der Waals surface area contributed by atoms with Crippen molar-refractivity contribution in [1.82, 2.24) is 4.90 Å². The van der Waals surface area contributed by atoms with Gasteiger partial charge >= 0.3 is 6.09 Å². The second-order valence-corrected chi connectivity index (χ2v) is 6.12. The zero-order valence-electron chi connectivity index (χ0n) is 10.7. The second-order valence-electron chi connectivity index (χ2n) is 6.12. The fourth-order valence-electron chi connectivity index (χ4n) is 2.67. The van der Waals surface area contributed by atoms with E-state index in [-0.39, 0.29) is 18.2 Å². The van der Waals surface area contributed by atoms with Crippen molar-refractivity contribution in [2.75, 3.05) is 6.54 Å². The van der Waals surface area contributed by atoms with Gasteiger partial charge in [0.1, 0.15) is 5.60 Å². The van der Waals surface area contributed by atoms with Crippen LogP contribution in [0.5, 0.6) is 0 Å². The Balaban J connectivity index is 1.98. The molecule has 2 fully saturated rings. The Morgan fingerprint density at radius 1 is 1.41 bits per heavy atom. The quantitative estimate of drug-likeness (QED) is 0.656. The lowest BCUT2D eigenvalue weighted by Gasteiger charge is -2.54. The number of hydrogen-bond acceptors (Lipinski definition) is 4. The number of nitrogens with zero attached hydrogens (tertiary/aromatic N) is 1. The van der Waals surface area contributed by atoms with E-state index >= 15 is 0 Å². The van der Waals surface area contributed by atoms with Crippen LogP contribution in [0.3, 0.4) is 0 Å². The Morgan fingerprint density at radius 2 is 2.06 bits per heavy atom. The van der Waals surface area contributed by atoms with Crippen LogP contribution in [0.15, 0.2) is 0 Å². The van der Waals surface area contributed by atoms with E-state index in [9.17, 15) is 9.90 Å². The lowest BCUT2D eigenvalue weighted by molar-refractivity contribution is -0.0991. The normalized spacial score (nSPS) is 37.1. The van der Waals surface area contributed by atoms with Gasteiger partial charge in [-0.15, -0.1) is 0 Å². The number of nitrogens with two attached hydrogens (primary N) is 1. The molecule has 2 rings (SSSR count). The number of amides is 1. The fraction of sp³-hybridized carbons (Fsp3) is 0.917. The Kier molecular flexibility index (Phi) is 3.08. The summed E-state index contributed by atoms with van der Waals surface area (Å²) >= 11 is 0. The van der Waals surface area contributed by atoms with Crippen LogP contribution in [0.25, 0.3) is 0 Å². The summed E-state index contributed by atoms with van der Waals surface area (Å²) in [6, 6.07) is -0.366. The average molecular weight is 242 g/mol. The summed E-state index contributed by atoms with van der Waals surface area (Å²) in [6.07, 6.45) is 0.870. The van der Waals surface area contributed by atoms with Gasteiger partial charge in [-0.05, 0) is 39.5 Å². The maximum Gasteiger partial charge on any atom is 0.410 e. The van der Waals surface area contributed by atoms with Crippen LogP contribution in [-0.4, -0.2) is 46.4 Å². The van der Waals surface area contributed by atoms with Crippen molar-refractivity contribution in [3.05, 3.63) is 0 Å². The van der Waals surface area contributed by atoms with Crippen molar-refractivity contribution in [3.63, 3.8) is 0 Å². The summed E-state index contributed by atoms with van der Waals surface area (Å²) in [5, 5.41) is 10.0. The summed E-state index contributed by atoms with van der Waals surface area (Å²) < 4.78 is 5.31. The fourth-order valence-corrected chi connectivity index (χ4v) is 2.67. The van der Waals surface area contributed by atoms with Crippen LogP contribution < -0.4 is 5.73 Å². The Labute approximate surface area is 102 Å². The summed E-state index contributed by atoms with van der Waals surface area (Å²) in [7, 11) is 0. The molecule has 0 aromatic rings. The van der Waals surface area contributed by atoms with Gasteiger partial charge in [0, 0.05) is 12.6 Å². The van der Waals surface area contributed by atoms with E-state index < -0.39 is 11.7 Å². The molecule has 0 aromatic heterocycles. The van der Waals surface area contributed by atoms with Crippen LogP contribution in [0, 0.1) is 5.92 Å². The molecule has 98 valence electrons. The van der Waals surface area contributed by atoms with Gasteiger partial charge in [-0.2, -0.15) is 0 Å². The first kappa shape index (κ1) is 12.6. The number of aliphatic hydroxyl groups is 1. The average Bonchev–Trinajstić information content (AvgIpc) is 2.10. The minimum Gasteiger partial charge on any atom is -0.444 e. The van der Waals surface area contributed by atoms with E-state index in [1.54, 1.807) is 4.90 Å². The van der Waals surface area contributed by atoms with Gasteiger partial charge in [0.15, 0.2) is 0 Å². The lowest BCUT2D eigenvalue weighted by Crippen LogP contribution is -2.69. The SMILES string of the molecule is CC(C)(C)OC(=O)N1C[C@@H]2CC[C@@H](N)[C@H](O)[C@@H]21. The van der Waals surface area contributed by atoms with E-state index in [4.69, 9.17) is 10.5 Å². The first-order chi connectivity index (χ1) is 7.79. The molecule has 5 heteroatoms. The highest BCUT2D eigenvalue weighted by Crippen LogP contribution is 2.37. The molecule has 0 spiro atoms. The molecule has 1 heterocycles. The zero-order valence-corrected chi connectivity index (χ0v) is 10.7. The predicted molar refractivity (Wildman–Crippen MR) is 63.4 cm³/mol. The third-order valence-corrected chi connectivity index (χ3v) is 3.56. The summed E-state index contributed by atoms with van der Waals surface area (Å²) in [5.74, 6) is 0.386. The van der Waals surface area contributed by atoms with Gasteiger partial charge in [0.25, 0.3) is 0 Å². The van der Waals surface area contributed by atoms with E-state index in [0.717, 1.165) is 12.8 Å². The van der Waals surface area contributed by atoms with Crippen LogP contribution in [0.2, 0.25) is 0 Å². The minimum atomic E-state index is -0.616. The third-order valence-electron chi connectivity index (χ3n) is 3.56. The molecule has 1 aliphatic carbocycles. The highest BCUT2D eigenvalue weighted by atomic mass is 16.6. The first-order valence-electron chi connectivity index (χ1n) is 6.23. The molecular formula is C12H22N2O3. The van der Waals surface area contributed by atoms with Gasteiger partial charge in [-0.1, -0.05) is 0 Å². The number of carbonyl (C=O) groups is 1. The number of ether oxygens (including phenoxy) is 1. The van der Waals surface area contributed by atoms with Gasteiger partial charge in [0.05, 0.1) is 12.1 Å². The smallest absolute Gasteiger partial charge is 0.410 e. The monoisotopic (exact) mass is 242 g/mol. The second kappa shape index (κ2) is 4.14. The predicted octanol–water partition coefficient (Wildman–Crippen LogP) is 0.704. The molecule has 1 saturated carbocycles. The molecule has 5 nitrogen and oxygen atoms in total. The van der Waals surface area contributed by atoms with Gasteiger partial charge < -0.3 is 20.5 Å². The molecule has 0 unspecified atom stereocenters. The lowest BCUT2D eigenvalue weighted by atomic mass is 9.73. The zero-order chi connectivity index (χ0) is 12.8. The highest BCUT2D eigenvalue weighted by Gasteiger charge is 2.51. The van der Waals surface area contributed by atoms with Gasteiger partial charge in [0.2, 0.25) is 0 Å². The molecule has 4 atom stereocenters. The Bertz CT molecular complexity index is 313. The summed E-state index contributed by atoms with van der Waals surface area (Å²) in [5.41, 5.74) is 5.33. The molecule has 1 amide bonds. The molecule has 17 heavy (non-hydrogen) atoms. The minimum absolute atomic E-state index is 0.145. The van der Waals surface area contributed by atoms with E-state index in [2.05, 4.69) is 0 Å². The number of rotatable bonds is 0. The largest absolute Gasteiger partial charge is 0.444 e. The van der Waals surface area contributed by atoms with Crippen molar-refractivity contribution in [3.8, 4) is 0 Å². The number of likely N-dealkylation sites (tertiary alicyclic amines) is 1. The van der Waals surface area contributed by atoms with E-state index in [1.807, 2.05) is 20.8 Å². The van der Waals surface area contributed by atoms with Crippen molar-refractivity contribution >= 4 is 6.09 Å². The maximum atomic E-state index is 11.9. The molecule has 1 saturated heterocycles. The summed E-state index contributed by atoms with van der Waals surface area (Å²) in [6.45, 7) is 6.20. The van der Waals surface area contributed by atoms with Crippen molar-refractivity contribution in [1.29, 1.82) is 0 Å². The van der Waals surface area contributed by atoms with Crippen molar-refractivity contribution < 1.29 is 14.6 Å². The number of aliphatic hydroxyl groups excluding tert-OH is 1. The van der Waals surface area contributed by atoms with E-state index in [1.165, 1.54) is 0 Å². The standard InChI is InChI=1S/C12H22N2O3/c1-12(2,3)17-11(16)14-6-7-4-5-8(13)10(15)9(7)14/h7-10,15H,4-6,13H2,1-3H3/t7-,8+,9+,10-/m0/s1.